The molecule has 4 heteroatoms. The number of anilines is 1. The first-order valence-electron chi connectivity index (χ1n) is 6.88. The zero-order valence-electron chi connectivity index (χ0n) is 11.0. The summed E-state index contributed by atoms with van der Waals surface area (Å²) in [5, 5.41) is 13.6. The summed E-state index contributed by atoms with van der Waals surface area (Å²) in [6, 6.07) is 2.68. The molecule has 0 radical (unpaired) electrons. The number of hydrogen-bond donors (Lipinski definition) is 2. The number of carbonyl (C=O) groups is 1. The van der Waals surface area contributed by atoms with E-state index in [1.165, 1.54) is 12.1 Å². The maximum atomic E-state index is 13.6. The summed E-state index contributed by atoms with van der Waals surface area (Å²) >= 11 is 0. The quantitative estimate of drug-likeness (QED) is 0.818. The Kier molecular flexibility index (Phi) is 2.86. The van der Waals surface area contributed by atoms with Crippen molar-refractivity contribution in [1.82, 2.24) is 0 Å². The normalized spacial score (nSPS) is 27.2. The Morgan fingerprint density at radius 2 is 2.00 bits per heavy atom. The van der Waals surface area contributed by atoms with Gasteiger partial charge in [0.05, 0.1) is 5.69 Å². The molecule has 2 aliphatic rings. The summed E-state index contributed by atoms with van der Waals surface area (Å²) < 4.78 is 13.6. The van der Waals surface area contributed by atoms with Gasteiger partial charge in [-0.05, 0) is 37.5 Å². The number of carbonyl (C=O) groups excluding carboxylic acids is 1. The fraction of sp³-hybridized carbons (Fsp3) is 0.533. The monoisotopic (exact) mass is 263 g/mol. The minimum absolute atomic E-state index is 0.108. The molecule has 1 aliphatic carbocycles. The predicted molar refractivity (Wildman–Crippen MR) is 70.2 cm³/mol. The van der Waals surface area contributed by atoms with Crippen LogP contribution in [0.1, 0.15) is 43.2 Å². The number of hydrogen-bond acceptors (Lipinski definition) is 2. The molecule has 1 unspecified atom stereocenters. The van der Waals surface area contributed by atoms with Crippen LogP contribution >= 0.6 is 0 Å². The molecule has 1 atom stereocenters. The lowest BCUT2D eigenvalue weighted by molar-refractivity contribution is -0.141. The molecular weight excluding hydrogens is 245 g/mol. The van der Waals surface area contributed by atoms with Gasteiger partial charge in [0.25, 0.3) is 5.91 Å². The van der Waals surface area contributed by atoms with E-state index >= 15 is 0 Å². The van der Waals surface area contributed by atoms with Crippen LogP contribution in [0.2, 0.25) is 0 Å². The Labute approximate surface area is 111 Å². The second-order valence-electron chi connectivity index (χ2n) is 5.70. The number of nitrogens with one attached hydrogen (secondary N) is 1. The van der Waals surface area contributed by atoms with E-state index in [-0.39, 0.29) is 5.92 Å². The molecule has 1 amide bonds. The average Bonchev–Trinajstić information content (AvgIpc) is 2.66. The van der Waals surface area contributed by atoms with E-state index in [4.69, 9.17) is 0 Å². The SMILES string of the molecule is Cc1cc(F)cc2c1NC(=O)C2(O)C1CCCCC1. The lowest BCUT2D eigenvalue weighted by atomic mass is 9.74. The Morgan fingerprint density at radius 3 is 2.68 bits per heavy atom. The largest absolute Gasteiger partial charge is 0.375 e. The van der Waals surface area contributed by atoms with Crippen molar-refractivity contribution in [3.05, 3.63) is 29.1 Å². The second kappa shape index (κ2) is 4.30. The van der Waals surface area contributed by atoms with Crippen molar-refractivity contribution in [2.45, 2.75) is 44.6 Å². The van der Waals surface area contributed by atoms with Crippen LogP contribution in [-0.4, -0.2) is 11.0 Å². The molecule has 3 rings (SSSR count). The van der Waals surface area contributed by atoms with E-state index in [0.29, 0.717) is 16.8 Å². The van der Waals surface area contributed by atoms with Crippen LogP contribution in [0.25, 0.3) is 0 Å². The average molecular weight is 263 g/mol. The number of aryl methyl sites for hydroxylation is 1. The van der Waals surface area contributed by atoms with Crippen LogP contribution in [0.3, 0.4) is 0 Å². The standard InChI is InChI=1S/C15H18FNO2/c1-9-7-11(16)8-12-13(9)17-14(18)15(12,19)10-5-3-2-4-6-10/h7-8,10,19H,2-6H2,1H3,(H,17,18). The van der Waals surface area contributed by atoms with Crippen LogP contribution in [-0.2, 0) is 10.4 Å². The third-order valence-electron chi connectivity index (χ3n) is 4.49. The molecule has 0 saturated heterocycles. The Balaban J connectivity index is 2.10. The Morgan fingerprint density at radius 1 is 1.32 bits per heavy atom. The maximum Gasteiger partial charge on any atom is 0.261 e. The van der Waals surface area contributed by atoms with Gasteiger partial charge in [-0.1, -0.05) is 19.3 Å². The molecule has 2 N–H and O–H groups in total. The van der Waals surface area contributed by atoms with Gasteiger partial charge in [0.2, 0.25) is 0 Å². The first-order chi connectivity index (χ1) is 9.03. The zero-order valence-corrected chi connectivity index (χ0v) is 11.0. The van der Waals surface area contributed by atoms with Gasteiger partial charge in [0.1, 0.15) is 5.82 Å². The summed E-state index contributed by atoms with van der Waals surface area (Å²) in [5.74, 6) is -0.909. The first-order valence-corrected chi connectivity index (χ1v) is 6.88. The molecule has 19 heavy (non-hydrogen) atoms. The lowest BCUT2D eigenvalue weighted by Gasteiger charge is -2.33. The third-order valence-corrected chi connectivity index (χ3v) is 4.49. The highest BCUT2D eigenvalue weighted by Gasteiger charge is 2.51. The molecule has 0 aromatic heterocycles. The highest BCUT2D eigenvalue weighted by atomic mass is 19.1. The molecule has 1 aromatic rings. The van der Waals surface area contributed by atoms with Crippen molar-refractivity contribution in [2.75, 3.05) is 5.32 Å². The Hall–Kier alpha value is -1.42. The minimum Gasteiger partial charge on any atom is -0.375 e. The van der Waals surface area contributed by atoms with Gasteiger partial charge in [-0.25, -0.2) is 4.39 Å². The molecule has 1 fully saturated rings. The van der Waals surface area contributed by atoms with E-state index in [0.717, 1.165) is 32.1 Å². The van der Waals surface area contributed by atoms with Gasteiger partial charge < -0.3 is 10.4 Å². The van der Waals surface area contributed by atoms with Gasteiger partial charge >= 0.3 is 0 Å². The third kappa shape index (κ3) is 1.77. The van der Waals surface area contributed by atoms with Gasteiger partial charge in [-0.2, -0.15) is 0 Å². The smallest absolute Gasteiger partial charge is 0.261 e. The predicted octanol–water partition coefficient (Wildman–Crippen LogP) is 2.85. The number of aliphatic hydroxyl groups is 1. The molecule has 1 heterocycles. The summed E-state index contributed by atoms with van der Waals surface area (Å²) in [6.45, 7) is 1.74. The van der Waals surface area contributed by atoms with Crippen molar-refractivity contribution >= 4 is 11.6 Å². The van der Waals surface area contributed by atoms with Crippen LogP contribution in [0.15, 0.2) is 12.1 Å². The van der Waals surface area contributed by atoms with Crippen molar-refractivity contribution in [1.29, 1.82) is 0 Å². The molecule has 1 aromatic carbocycles. The van der Waals surface area contributed by atoms with Gasteiger partial charge in [0.15, 0.2) is 5.60 Å². The van der Waals surface area contributed by atoms with Crippen molar-refractivity contribution < 1.29 is 14.3 Å². The van der Waals surface area contributed by atoms with E-state index in [1.54, 1.807) is 6.92 Å². The fourth-order valence-electron chi connectivity index (χ4n) is 3.47. The summed E-state index contributed by atoms with van der Waals surface area (Å²) in [5.41, 5.74) is 0.110. The summed E-state index contributed by atoms with van der Waals surface area (Å²) in [4.78, 5) is 12.2. The molecule has 3 nitrogen and oxygen atoms in total. The van der Waals surface area contributed by atoms with Gasteiger partial charge in [-0.3, -0.25) is 4.79 Å². The molecule has 1 saturated carbocycles. The molecular formula is C15H18FNO2. The van der Waals surface area contributed by atoms with Crippen molar-refractivity contribution in [3.8, 4) is 0 Å². The number of amides is 1. The first kappa shape index (κ1) is 12.6. The highest BCUT2D eigenvalue weighted by Crippen LogP contribution is 2.47. The summed E-state index contributed by atoms with van der Waals surface area (Å²) in [7, 11) is 0. The highest BCUT2D eigenvalue weighted by molar-refractivity contribution is 6.05. The molecule has 0 bridgehead atoms. The van der Waals surface area contributed by atoms with Crippen LogP contribution in [0.5, 0.6) is 0 Å². The lowest BCUT2D eigenvalue weighted by Crippen LogP contribution is -2.42. The van der Waals surface area contributed by atoms with Crippen molar-refractivity contribution in [2.24, 2.45) is 5.92 Å². The van der Waals surface area contributed by atoms with E-state index in [9.17, 15) is 14.3 Å². The van der Waals surface area contributed by atoms with Gasteiger partial charge in [0, 0.05) is 11.5 Å². The van der Waals surface area contributed by atoms with Crippen LogP contribution in [0, 0.1) is 18.7 Å². The van der Waals surface area contributed by atoms with Crippen LogP contribution < -0.4 is 5.32 Å². The number of benzene rings is 1. The van der Waals surface area contributed by atoms with E-state index in [1.807, 2.05) is 0 Å². The van der Waals surface area contributed by atoms with Gasteiger partial charge in [-0.15, -0.1) is 0 Å². The fourth-order valence-corrected chi connectivity index (χ4v) is 3.47. The number of fused-ring (bicyclic) bond motifs is 1. The Bertz CT molecular complexity index is 537. The maximum absolute atomic E-state index is 13.6. The second-order valence-corrected chi connectivity index (χ2v) is 5.70. The molecule has 1 aliphatic heterocycles. The number of rotatable bonds is 1. The molecule has 102 valence electrons. The van der Waals surface area contributed by atoms with Crippen LogP contribution in [0.4, 0.5) is 10.1 Å². The minimum atomic E-state index is -1.55. The van der Waals surface area contributed by atoms with E-state index in [2.05, 4.69) is 5.32 Å². The zero-order chi connectivity index (χ0) is 13.6. The van der Waals surface area contributed by atoms with Crippen molar-refractivity contribution in [3.63, 3.8) is 0 Å². The summed E-state index contributed by atoms with van der Waals surface area (Å²) in [6.07, 6.45) is 4.81. The topological polar surface area (TPSA) is 49.3 Å². The van der Waals surface area contributed by atoms with E-state index < -0.39 is 17.3 Å². The number of halogens is 1. The molecule has 0 spiro atoms.